The minimum absolute atomic E-state index is 0.0769. The molecule has 1 amide bonds. The topological polar surface area (TPSA) is 91.8 Å². The summed E-state index contributed by atoms with van der Waals surface area (Å²) < 4.78 is 20.7. The van der Waals surface area contributed by atoms with Gasteiger partial charge in [0, 0.05) is 30.0 Å². The molecular formula is C39H39N3O4S. The molecule has 1 aromatic heterocycles. The second kappa shape index (κ2) is 13.6. The van der Waals surface area contributed by atoms with E-state index in [1.54, 1.807) is 7.11 Å². The molecule has 4 aromatic carbocycles. The third kappa shape index (κ3) is 6.90. The molecule has 1 aliphatic heterocycles. The molecule has 0 spiro atoms. The lowest BCUT2D eigenvalue weighted by molar-refractivity contribution is 0.102. The number of amides is 1. The van der Waals surface area contributed by atoms with Crippen LogP contribution in [-0.2, 0) is 17.5 Å². The zero-order valence-electron chi connectivity index (χ0n) is 27.1. The maximum atomic E-state index is 13.8. The van der Waals surface area contributed by atoms with Crippen LogP contribution in [0.3, 0.4) is 0 Å². The second-order valence-electron chi connectivity index (χ2n) is 12.6. The summed E-state index contributed by atoms with van der Waals surface area (Å²) in [4.78, 5) is 18.8. The Kier molecular flexibility index (Phi) is 9.36. The van der Waals surface area contributed by atoms with Crippen LogP contribution in [-0.4, -0.2) is 43.0 Å². The van der Waals surface area contributed by atoms with Gasteiger partial charge in [0.1, 0.15) is 22.4 Å². The molecule has 2 N–H and O–H groups in total. The van der Waals surface area contributed by atoms with Gasteiger partial charge in [0.15, 0.2) is 0 Å². The fourth-order valence-corrected chi connectivity index (χ4v) is 7.43. The number of fused-ring (bicyclic) bond motifs is 1. The van der Waals surface area contributed by atoms with Gasteiger partial charge in [-0.2, -0.15) is 0 Å². The Morgan fingerprint density at radius 3 is 2.19 bits per heavy atom. The van der Waals surface area contributed by atoms with E-state index in [-0.39, 0.29) is 24.2 Å². The van der Waals surface area contributed by atoms with E-state index >= 15 is 0 Å². The number of aliphatic hydroxyl groups excluding tert-OH is 1. The summed E-state index contributed by atoms with van der Waals surface area (Å²) in [6.45, 7) is 6.13. The van der Waals surface area contributed by atoms with Crippen LogP contribution in [0.25, 0.3) is 33.5 Å². The maximum absolute atomic E-state index is 13.8. The molecule has 0 fully saturated rings. The molecule has 2 atom stereocenters. The molecular weight excluding hydrogens is 607 g/mol. The fraction of sp³-hybridized carbons (Fsp3) is 0.231. The van der Waals surface area contributed by atoms with E-state index in [9.17, 15) is 14.1 Å². The highest BCUT2D eigenvalue weighted by Crippen LogP contribution is 2.44. The predicted molar refractivity (Wildman–Crippen MR) is 189 cm³/mol. The number of pyridine rings is 1. The van der Waals surface area contributed by atoms with Gasteiger partial charge in [-0.1, -0.05) is 72.8 Å². The molecule has 240 valence electrons. The highest BCUT2D eigenvalue weighted by atomic mass is 32.2. The summed E-state index contributed by atoms with van der Waals surface area (Å²) in [6, 6.07) is 35.2. The normalized spacial score (nSPS) is 15.2. The lowest BCUT2D eigenvalue weighted by Gasteiger charge is -2.30. The first-order chi connectivity index (χ1) is 22.7. The smallest absolute Gasteiger partial charge is 0.274 e. The molecule has 47 heavy (non-hydrogen) atoms. The molecule has 6 rings (SSSR count). The van der Waals surface area contributed by atoms with E-state index in [2.05, 4.69) is 11.4 Å². The highest BCUT2D eigenvalue weighted by molar-refractivity contribution is 7.84. The quantitative estimate of drug-likeness (QED) is 0.169. The van der Waals surface area contributed by atoms with Gasteiger partial charge in [-0.25, -0.2) is 13.5 Å². The highest BCUT2D eigenvalue weighted by Gasteiger charge is 2.40. The average molecular weight is 646 g/mol. The number of carbonyl (C=O) groups excluding carboxylic acids is 1. The van der Waals surface area contributed by atoms with Gasteiger partial charge in [0.25, 0.3) is 5.91 Å². The average Bonchev–Trinajstić information content (AvgIpc) is 3.46. The van der Waals surface area contributed by atoms with Crippen LogP contribution in [0.1, 0.15) is 54.8 Å². The monoisotopic (exact) mass is 645 g/mol. The summed E-state index contributed by atoms with van der Waals surface area (Å²) in [5, 5.41) is 13.2. The Morgan fingerprint density at radius 1 is 0.872 bits per heavy atom. The van der Waals surface area contributed by atoms with E-state index in [0.29, 0.717) is 24.3 Å². The molecule has 8 heteroatoms. The van der Waals surface area contributed by atoms with E-state index in [4.69, 9.17) is 9.72 Å². The number of benzene rings is 4. The molecule has 1 unspecified atom stereocenters. The van der Waals surface area contributed by atoms with E-state index in [1.807, 2.05) is 128 Å². The van der Waals surface area contributed by atoms with Crippen molar-refractivity contribution in [2.24, 2.45) is 0 Å². The molecule has 1 aliphatic rings. The van der Waals surface area contributed by atoms with Crippen molar-refractivity contribution in [2.75, 3.05) is 19.0 Å². The van der Waals surface area contributed by atoms with Crippen LogP contribution in [0, 0.1) is 0 Å². The molecule has 0 radical (unpaired) electrons. The van der Waals surface area contributed by atoms with Gasteiger partial charge in [-0.05, 0) is 91.4 Å². The number of aromatic nitrogens is 1. The van der Waals surface area contributed by atoms with Crippen molar-refractivity contribution in [3.05, 3.63) is 126 Å². The lowest BCUT2D eigenvalue weighted by Crippen LogP contribution is -2.36. The number of hydrogen-bond acceptors (Lipinski definition) is 5. The van der Waals surface area contributed by atoms with Crippen molar-refractivity contribution in [2.45, 2.75) is 44.5 Å². The number of rotatable bonds is 9. The summed E-state index contributed by atoms with van der Waals surface area (Å²) in [7, 11) is 0.284. The largest absolute Gasteiger partial charge is 0.497 e. The number of anilines is 1. The van der Waals surface area contributed by atoms with Crippen LogP contribution < -0.4 is 10.1 Å². The molecule has 2 heterocycles. The molecule has 5 aromatic rings. The Hall–Kier alpha value is -4.63. The molecule has 7 nitrogen and oxygen atoms in total. The van der Waals surface area contributed by atoms with Crippen molar-refractivity contribution in [3.63, 3.8) is 0 Å². The Balaban J connectivity index is 1.42. The number of carbonyl (C=O) groups is 1. The minimum atomic E-state index is -1.36. The van der Waals surface area contributed by atoms with Gasteiger partial charge < -0.3 is 15.2 Å². The summed E-state index contributed by atoms with van der Waals surface area (Å²) in [5.41, 5.74) is 8.27. The third-order valence-electron chi connectivity index (χ3n) is 8.31. The van der Waals surface area contributed by atoms with Gasteiger partial charge in [0.2, 0.25) is 0 Å². The van der Waals surface area contributed by atoms with Crippen LogP contribution >= 0.6 is 0 Å². The first-order valence-electron chi connectivity index (χ1n) is 15.7. The Bertz CT molecular complexity index is 1920. The van der Waals surface area contributed by atoms with Crippen LogP contribution in [0.5, 0.6) is 5.75 Å². The summed E-state index contributed by atoms with van der Waals surface area (Å²) in [5.74, 6) is 0.422. The number of aliphatic hydroxyl groups is 1. The van der Waals surface area contributed by atoms with E-state index in [1.165, 1.54) is 0 Å². The summed E-state index contributed by atoms with van der Waals surface area (Å²) in [6.07, 6.45) is 0.387. The predicted octanol–water partition coefficient (Wildman–Crippen LogP) is 8.04. The molecule has 0 saturated carbocycles. The number of nitrogens with one attached hydrogen (secondary N) is 1. The first kappa shape index (κ1) is 32.3. The molecule has 0 aliphatic carbocycles. The van der Waals surface area contributed by atoms with Crippen molar-refractivity contribution in [1.29, 1.82) is 0 Å². The van der Waals surface area contributed by atoms with Crippen molar-refractivity contribution < 1.29 is 18.8 Å². The standard InChI is InChI=1S/C39H39N3O4S/c1-39(2,3)47(45)42-25-31-24-34(38(44)40-32-18-16-27(17-19-32)26-10-6-5-7-11-26)41-37(36(31)35(42)20-21-43)30-14-8-12-28(22-30)29-13-9-15-33(23-29)46-4/h5-19,22-24,35,43H,20-21,25H2,1-4H3,(H,40,44)/t35-,47?/m0/s1. The van der Waals surface area contributed by atoms with Crippen molar-refractivity contribution in [3.8, 4) is 39.3 Å². The fourth-order valence-electron chi connectivity index (χ4n) is 6.03. The zero-order valence-corrected chi connectivity index (χ0v) is 27.9. The third-order valence-corrected chi connectivity index (χ3v) is 10.2. The van der Waals surface area contributed by atoms with Gasteiger partial charge in [0.05, 0.1) is 23.6 Å². The van der Waals surface area contributed by atoms with Gasteiger partial charge in [-0.15, -0.1) is 0 Å². The lowest BCUT2D eigenvalue weighted by atomic mass is 9.94. The van der Waals surface area contributed by atoms with Gasteiger partial charge >= 0.3 is 0 Å². The van der Waals surface area contributed by atoms with Gasteiger partial charge in [-0.3, -0.25) is 4.79 Å². The molecule has 0 saturated heterocycles. The molecule has 0 bridgehead atoms. The second-order valence-corrected chi connectivity index (χ2v) is 14.8. The zero-order chi connectivity index (χ0) is 33.1. The van der Waals surface area contributed by atoms with Crippen molar-refractivity contribution in [1.82, 2.24) is 9.29 Å². The van der Waals surface area contributed by atoms with Crippen LogP contribution in [0.4, 0.5) is 5.69 Å². The van der Waals surface area contributed by atoms with Crippen LogP contribution in [0.15, 0.2) is 109 Å². The minimum Gasteiger partial charge on any atom is -0.497 e. The van der Waals surface area contributed by atoms with E-state index in [0.717, 1.165) is 44.7 Å². The number of hydrogen-bond donors (Lipinski definition) is 2. The maximum Gasteiger partial charge on any atom is 0.274 e. The van der Waals surface area contributed by atoms with Crippen LogP contribution in [0.2, 0.25) is 0 Å². The number of ether oxygens (including phenoxy) is 1. The summed E-state index contributed by atoms with van der Waals surface area (Å²) >= 11 is 0. The Labute approximate surface area is 278 Å². The van der Waals surface area contributed by atoms with E-state index < -0.39 is 15.7 Å². The first-order valence-corrected chi connectivity index (χ1v) is 16.8. The Morgan fingerprint density at radius 2 is 1.51 bits per heavy atom. The SMILES string of the molecule is COc1cccc(-c2cccc(-c3nc(C(=O)Nc4ccc(-c5ccccc5)cc4)cc4c3[C@H](CCO)N(S(=O)C(C)(C)C)C4)c2)c1. The number of nitrogens with zero attached hydrogens (tertiary/aromatic N) is 2. The van der Waals surface area contributed by atoms with Crippen molar-refractivity contribution >= 4 is 22.6 Å². The number of methoxy groups -OCH3 is 1.